The van der Waals surface area contributed by atoms with E-state index in [0.717, 1.165) is 11.1 Å². The van der Waals surface area contributed by atoms with E-state index in [0.29, 0.717) is 5.69 Å². The lowest BCUT2D eigenvalue weighted by Crippen LogP contribution is -2.21. The number of halogens is 3. The lowest BCUT2D eigenvalue weighted by Gasteiger charge is -2.08. The minimum Gasteiger partial charge on any atom is -0.475 e. The van der Waals surface area contributed by atoms with Crippen molar-refractivity contribution in [2.24, 2.45) is 0 Å². The molecule has 23 heavy (non-hydrogen) atoms. The summed E-state index contributed by atoms with van der Waals surface area (Å²) in [6.45, 7) is 0. The maximum absolute atomic E-state index is 10.6. The molecule has 0 atom stereocenters. The molecule has 122 valence electrons. The number of benzene rings is 2. The van der Waals surface area contributed by atoms with Crippen LogP contribution in [0, 0.1) is 0 Å². The van der Waals surface area contributed by atoms with Crippen LogP contribution in [0.1, 0.15) is 0 Å². The minimum absolute atomic E-state index is 0.598. The summed E-state index contributed by atoms with van der Waals surface area (Å²) in [4.78, 5) is 19.5. The molecule has 0 saturated heterocycles. The maximum Gasteiger partial charge on any atom is 0.490 e. The highest BCUT2D eigenvalue weighted by molar-refractivity contribution is 5.90. The van der Waals surface area contributed by atoms with E-state index in [1.807, 2.05) is 42.5 Å². The number of hydrogen-bond acceptors (Lipinski definition) is 2. The molecular weight excluding hydrogens is 315 g/mol. The Kier molecular flexibility index (Phi) is 6.13. The van der Waals surface area contributed by atoms with Crippen molar-refractivity contribution in [3.63, 3.8) is 0 Å². The Balaban J connectivity index is 0.000000322. The molecule has 5 nitrogen and oxygen atoms in total. The second-order valence-corrected chi connectivity index (χ2v) is 4.14. The molecular formula is C15H12F3NO4. The van der Waals surface area contributed by atoms with Crippen LogP contribution < -0.4 is 5.32 Å². The van der Waals surface area contributed by atoms with Crippen LogP contribution in [0.5, 0.6) is 0 Å². The van der Waals surface area contributed by atoms with E-state index in [1.54, 1.807) is 12.1 Å². The van der Waals surface area contributed by atoms with Crippen molar-refractivity contribution in [2.45, 2.75) is 6.18 Å². The normalized spacial score (nSPS) is 10.2. The highest BCUT2D eigenvalue weighted by atomic mass is 19.4. The Morgan fingerprint density at radius 3 is 1.83 bits per heavy atom. The molecule has 8 heteroatoms. The van der Waals surface area contributed by atoms with E-state index in [4.69, 9.17) is 15.0 Å². The molecule has 2 rings (SSSR count). The molecule has 2 aromatic rings. The number of alkyl halides is 3. The monoisotopic (exact) mass is 327 g/mol. The second-order valence-electron chi connectivity index (χ2n) is 4.14. The topological polar surface area (TPSA) is 86.6 Å². The van der Waals surface area contributed by atoms with Crippen LogP contribution in [0.4, 0.5) is 23.7 Å². The Morgan fingerprint density at radius 2 is 1.35 bits per heavy atom. The number of anilines is 1. The number of amides is 1. The van der Waals surface area contributed by atoms with Crippen LogP contribution in [0.2, 0.25) is 0 Å². The zero-order chi connectivity index (χ0) is 17.5. The van der Waals surface area contributed by atoms with Crippen LogP contribution >= 0.6 is 0 Å². The Bertz CT molecular complexity index is 672. The summed E-state index contributed by atoms with van der Waals surface area (Å²) in [5.41, 5.74) is 2.47. The third-order valence-corrected chi connectivity index (χ3v) is 2.50. The van der Waals surface area contributed by atoms with Gasteiger partial charge < -0.3 is 10.2 Å². The molecule has 0 aliphatic heterocycles. The fourth-order valence-corrected chi connectivity index (χ4v) is 1.58. The molecule has 0 heterocycles. The zero-order valence-corrected chi connectivity index (χ0v) is 11.5. The van der Waals surface area contributed by atoms with E-state index in [1.165, 1.54) is 0 Å². The number of carboxylic acid groups (broad SMARTS) is 2. The first-order valence-electron chi connectivity index (χ1n) is 6.16. The predicted octanol–water partition coefficient (Wildman–Crippen LogP) is 4.08. The summed E-state index contributed by atoms with van der Waals surface area (Å²) >= 11 is 0. The second kappa shape index (κ2) is 7.83. The van der Waals surface area contributed by atoms with Crippen molar-refractivity contribution in [1.29, 1.82) is 0 Å². The highest BCUT2D eigenvalue weighted by Gasteiger charge is 2.38. The van der Waals surface area contributed by atoms with E-state index >= 15 is 0 Å². The molecule has 0 saturated carbocycles. The molecule has 0 spiro atoms. The van der Waals surface area contributed by atoms with Gasteiger partial charge in [0.1, 0.15) is 0 Å². The molecule has 0 unspecified atom stereocenters. The number of para-hydroxylation sites is 1. The fourth-order valence-electron chi connectivity index (χ4n) is 1.58. The highest BCUT2D eigenvalue weighted by Crippen LogP contribution is 2.27. The Morgan fingerprint density at radius 1 is 0.870 bits per heavy atom. The number of carbonyl (C=O) groups is 2. The van der Waals surface area contributed by atoms with Crippen molar-refractivity contribution >= 4 is 17.7 Å². The number of nitrogens with one attached hydrogen (secondary N) is 1. The van der Waals surface area contributed by atoms with Gasteiger partial charge in [0.2, 0.25) is 0 Å². The van der Waals surface area contributed by atoms with Gasteiger partial charge in [-0.25, -0.2) is 9.59 Å². The lowest BCUT2D eigenvalue weighted by molar-refractivity contribution is -0.192. The first-order chi connectivity index (χ1) is 10.7. The summed E-state index contributed by atoms with van der Waals surface area (Å²) in [7, 11) is 0. The van der Waals surface area contributed by atoms with Crippen LogP contribution in [-0.4, -0.2) is 28.5 Å². The van der Waals surface area contributed by atoms with Gasteiger partial charge in [-0.3, -0.25) is 5.32 Å². The fraction of sp³-hybridized carbons (Fsp3) is 0.0667. The summed E-state index contributed by atoms with van der Waals surface area (Å²) in [6.07, 6.45) is -6.14. The molecule has 0 fully saturated rings. The maximum atomic E-state index is 10.6. The molecule has 0 aliphatic rings. The van der Waals surface area contributed by atoms with Crippen molar-refractivity contribution in [2.75, 3.05) is 5.32 Å². The van der Waals surface area contributed by atoms with Gasteiger partial charge in [0.25, 0.3) is 0 Å². The zero-order valence-electron chi connectivity index (χ0n) is 11.5. The first-order valence-corrected chi connectivity index (χ1v) is 6.16. The summed E-state index contributed by atoms with van der Waals surface area (Å²) in [5, 5.41) is 18.2. The number of carboxylic acids is 1. The standard InChI is InChI=1S/C13H11NO2.C2HF3O2/c15-13(16)14-12-9-5-4-8-11(12)10-6-2-1-3-7-10;3-2(4,5)1(6)7/h1-9,14H,(H,15,16);(H,6,7). The van der Waals surface area contributed by atoms with Gasteiger partial charge in [0, 0.05) is 5.56 Å². The van der Waals surface area contributed by atoms with E-state index in [9.17, 15) is 18.0 Å². The largest absolute Gasteiger partial charge is 0.490 e. The average molecular weight is 327 g/mol. The van der Waals surface area contributed by atoms with Crippen molar-refractivity contribution in [3.05, 3.63) is 54.6 Å². The van der Waals surface area contributed by atoms with Gasteiger partial charge in [0.05, 0.1) is 5.69 Å². The smallest absolute Gasteiger partial charge is 0.475 e. The van der Waals surface area contributed by atoms with E-state index < -0.39 is 18.2 Å². The summed E-state index contributed by atoms with van der Waals surface area (Å²) < 4.78 is 31.7. The van der Waals surface area contributed by atoms with Crippen LogP contribution in [0.3, 0.4) is 0 Å². The van der Waals surface area contributed by atoms with Gasteiger partial charge in [-0.2, -0.15) is 13.2 Å². The van der Waals surface area contributed by atoms with Crippen molar-refractivity contribution in [1.82, 2.24) is 0 Å². The van der Waals surface area contributed by atoms with E-state index in [-0.39, 0.29) is 0 Å². The van der Waals surface area contributed by atoms with Crippen LogP contribution in [-0.2, 0) is 4.79 Å². The van der Waals surface area contributed by atoms with Gasteiger partial charge in [-0.1, -0.05) is 48.5 Å². The average Bonchev–Trinajstić information content (AvgIpc) is 2.48. The van der Waals surface area contributed by atoms with Gasteiger partial charge in [-0.15, -0.1) is 0 Å². The Hall–Kier alpha value is -3.03. The molecule has 0 aromatic heterocycles. The minimum atomic E-state index is -5.08. The number of aliphatic carboxylic acids is 1. The third-order valence-electron chi connectivity index (χ3n) is 2.50. The molecule has 0 aliphatic carbocycles. The molecule has 0 radical (unpaired) electrons. The molecule has 2 aromatic carbocycles. The summed E-state index contributed by atoms with van der Waals surface area (Å²) in [6, 6.07) is 17.0. The van der Waals surface area contributed by atoms with Crippen molar-refractivity contribution < 1.29 is 33.0 Å². The van der Waals surface area contributed by atoms with Crippen LogP contribution in [0.25, 0.3) is 11.1 Å². The predicted molar refractivity (Wildman–Crippen MR) is 77.2 cm³/mol. The first kappa shape index (κ1) is 18.0. The SMILES string of the molecule is O=C(O)C(F)(F)F.O=C(O)Nc1ccccc1-c1ccccc1. The third kappa shape index (κ3) is 6.08. The Labute approximate surface area is 129 Å². The quantitative estimate of drug-likeness (QED) is 0.776. The van der Waals surface area contributed by atoms with Gasteiger partial charge in [-0.05, 0) is 11.6 Å². The molecule has 3 N–H and O–H groups in total. The lowest BCUT2D eigenvalue weighted by atomic mass is 10.0. The summed E-state index contributed by atoms with van der Waals surface area (Å²) in [5.74, 6) is -2.76. The number of rotatable bonds is 2. The molecule has 1 amide bonds. The molecule has 0 bridgehead atoms. The van der Waals surface area contributed by atoms with Gasteiger partial charge in [0.15, 0.2) is 0 Å². The van der Waals surface area contributed by atoms with Gasteiger partial charge >= 0.3 is 18.2 Å². The van der Waals surface area contributed by atoms with E-state index in [2.05, 4.69) is 5.32 Å². The van der Waals surface area contributed by atoms with Crippen LogP contribution in [0.15, 0.2) is 54.6 Å². The van der Waals surface area contributed by atoms with Crippen molar-refractivity contribution in [3.8, 4) is 11.1 Å². The number of hydrogen-bond donors (Lipinski definition) is 3.